The van der Waals surface area contributed by atoms with Crippen molar-refractivity contribution >= 4 is 10.1 Å². The van der Waals surface area contributed by atoms with Gasteiger partial charge in [-0.2, -0.15) is 0 Å². The molecule has 0 radical (unpaired) electrons. The first-order valence-corrected chi connectivity index (χ1v) is 11.5. The van der Waals surface area contributed by atoms with Crippen molar-refractivity contribution < 1.29 is 69.5 Å². The molecule has 0 aliphatic heterocycles. The fourth-order valence-corrected chi connectivity index (χ4v) is 4.01. The van der Waals surface area contributed by atoms with E-state index in [1.165, 1.54) is 57.8 Å². The monoisotopic (exact) mass is 402 g/mol. The summed E-state index contributed by atoms with van der Waals surface area (Å²) in [5.74, 6) is 0. The minimum Gasteiger partial charge on any atom is -0.748 e. The van der Waals surface area contributed by atoms with Gasteiger partial charge in [-0.15, -0.1) is 0 Å². The Labute approximate surface area is 199 Å². The summed E-state index contributed by atoms with van der Waals surface area (Å²) < 4.78 is 33.0. The van der Waals surface area contributed by atoms with Crippen molar-refractivity contribution in [3.8, 4) is 0 Å². The fourth-order valence-electron chi connectivity index (χ4n) is 3.15. The molecule has 0 amide bonds. The third-order valence-electron chi connectivity index (χ3n) is 4.82. The van der Waals surface area contributed by atoms with E-state index in [4.69, 9.17) is 0 Å². The van der Waals surface area contributed by atoms with Crippen molar-refractivity contribution in [3.63, 3.8) is 0 Å². The van der Waals surface area contributed by atoms with Gasteiger partial charge >= 0.3 is 51.4 Å². The van der Waals surface area contributed by atoms with Gasteiger partial charge in [0.05, 0.1) is 16.2 Å². The fraction of sp³-hybridized carbons (Fsp3) is 1.00. The van der Waals surface area contributed by atoms with Crippen molar-refractivity contribution in [2.75, 3.05) is 0 Å². The Morgan fingerprint density at radius 3 is 1.64 bits per heavy atom. The van der Waals surface area contributed by atoms with E-state index in [1.807, 2.05) is 0 Å². The molecule has 0 saturated heterocycles. The van der Waals surface area contributed by atoms with Gasteiger partial charge in [0, 0.05) is 5.25 Å². The number of unbranched alkanes of at least 4 members (excludes halogenated alkanes) is 9. The topological polar surface area (TPSA) is 77.4 Å². The molecule has 0 spiro atoms. The van der Waals surface area contributed by atoms with Gasteiger partial charge in [-0.25, -0.2) is 8.42 Å². The van der Waals surface area contributed by atoms with Crippen LogP contribution in [0.2, 0.25) is 0 Å². The molecule has 1 N–H and O–H groups in total. The molecule has 0 saturated carbocycles. The molecule has 0 fully saturated rings. The molecule has 0 rings (SSSR count). The second kappa shape index (κ2) is 18.9. The smallest absolute Gasteiger partial charge is 0.748 e. The van der Waals surface area contributed by atoms with Crippen molar-refractivity contribution in [2.24, 2.45) is 0 Å². The Bertz CT molecular complexity index is 374. The number of aliphatic hydroxyl groups is 1. The maximum absolute atomic E-state index is 11.0. The van der Waals surface area contributed by atoms with Crippen LogP contribution in [0.1, 0.15) is 110 Å². The Kier molecular flexibility index (Phi) is 21.7. The summed E-state index contributed by atoms with van der Waals surface area (Å²) in [6.07, 6.45) is 15.2. The van der Waals surface area contributed by atoms with Crippen LogP contribution in [0, 0.1) is 0 Å². The number of hydrogen-bond acceptors (Lipinski definition) is 4. The second-order valence-corrected chi connectivity index (χ2v) is 8.73. The number of hydrogen-bond donors (Lipinski definition) is 1. The van der Waals surface area contributed by atoms with Gasteiger partial charge in [0.1, 0.15) is 0 Å². The summed E-state index contributed by atoms with van der Waals surface area (Å²) in [5.41, 5.74) is 0. The Hall–Kier alpha value is 1.51. The predicted molar refractivity (Wildman–Crippen MR) is 100 cm³/mol. The third kappa shape index (κ3) is 18.6. The van der Waals surface area contributed by atoms with Crippen molar-refractivity contribution in [1.82, 2.24) is 0 Å². The molecule has 0 bridgehead atoms. The van der Waals surface area contributed by atoms with Crippen LogP contribution in [0.3, 0.4) is 0 Å². The van der Waals surface area contributed by atoms with E-state index in [9.17, 15) is 18.1 Å². The van der Waals surface area contributed by atoms with Crippen LogP contribution >= 0.6 is 0 Å². The van der Waals surface area contributed by atoms with Gasteiger partial charge in [0.15, 0.2) is 0 Å². The van der Waals surface area contributed by atoms with Gasteiger partial charge in [-0.3, -0.25) is 0 Å². The minimum absolute atomic E-state index is 0. The van der Waals surface area contributed by atoms with Gasteiger partial charge in [0.25, 0.3) is 0 Å². The molecule has 0 aliphatic rings. The molecule has 0 aliphatic carbocycles. The van der Waals surface area contributed by atoms with Crippen LogP contribution in [-0.2, 0) is 10.1 Å². The SMILES string of the molecule is CCCCCCCCCCCCC(O)CCCC(CC)S(=O)(=O)[O-].[K+]. The summed E-state index contributed by atoms with van der Waals surface area (Å²) in [6.45, 7) is 3.96. The van der Waals surface area contributed by atoms with Crippen LogP contribution in [0.15, 0.2) is 0 Å². The van der Waals surface area contributed by atoms with Crippen LogP contribution in [0.4, 0.5) is 0 Å². The zero-order chi connectivity index (χ0) is 18.3. The van der Waals surface area contributed by atoms with E-state index in [0.29, 0.717) is 25.7 Å². The van der Waals surface area contributed by atoms with Crippen molar-refractivity contribution in [1.29, 1.82) is 0 Å². The normalized spacial score (nSPS) is 14.1. The Morgan fingerprint density at radius 2 is 1.20 bits per heavy atom. The molecule has 25 heavy (non-hydrogen) atoms. The van der Waals surface area contributed by atoms with Gasteiger partial charge in [-0.05, 0) is 32.1 Å². The summed E-state index contributed by atoms with van der Waals surface area (Å²) in [4.78, 5) is 0. The Balaban J connectivity index is 0. The van der Waals surface area contributed by atoms with Crippen LogP contribution in [0.5, 0.6) is 0 Å². The molecular formula is C19H39KO4S. The standard InChI is InChI=1S/C19H40O4S.K/c1-3-5-6-7-8-9-10-11-12-13-15-18(20)16-14-17-19(4-2)24(21,22)23;/h18-20H,3-17H2,1-2H3,(H,21,22,23);/q;+1/p-1. The zero-order valence-electron chi connectivity index (χ0n) is 16.8. The quantitative estimate of drug-likeness (QED) is 0.230. The summed E-state index contributed by atoms with van der Waals surface area (Å²) >= 11 is 0. The molecule has 2 atom stereocenters. The predicted octanol–water partition coefficient (Wildman–Crippen LogP) is 2.16. The third-order valence-corrected chi connectivity index (χ3v) is 6.20. The van der Waals surface area contributed by atoms with E-state index in [0.717, 1.165) is 12.8 Å². The molecule has 2 unspecified atom stereocenters. The molecule has 4 nitrogen and oxygen atoms in total. The van der Waals surface area contributed by atoms with E-state index in [2.05, 4.69) is 6.92 Å². The average Bonchev–Trinajstić information content (AvgIpc) is 2.52. The summed E-state index contributed by atoms with van der Waals surface area (Å²) in [7, 11) is -4.18. The van der Waals surface area contributed by atoms with E-state index in [-0.39, 0.29) is 57.5 Å². The molecule has 6 heteroatoms. The number of aliphatic hydroxyl groups excluding tert-OH is 1. The minimum atomic E-state index is -4.18. The second-order valence-electron chi connectivity index (χ2n) is 7.08. The van der Waals surface area contributed by atoms with Crippen molar-refractivity contribution in [2.45, 2.75) is 122 Å². The van der Waals surface area contributed by atoms with E-state index in [1.54, 1.807) is 6.92 Å². The molecule has 0 heterocycles. The Morgan fingerprint density at radius 1 is 0.760 bits per heavy atom. The van der Waals surface area contributed by atoms with Gasteiger partial charge in [0.2, 0.25) is 0 Å². The molecular weight excluding hydrogens is 363 g/mol. The first-order valence-electron chi connectivity index (χ1n) is 10.0. The van der Waals surface area contributed by atoms with Gasteiger partial charge in [-0.1, -0.05) is 78.1 Å². The van der Waals surface area contributed by atoms with Crippen LogP contribution in [-0.4, -0.2) is 29.4 Å². The van der Waals surface area contributed by atoms with Crippen LogP contribution < -0.4 is 51.4 Å². The summed E-state index contributed by atoms with van der Waals surface area (Å²) in [6, 6.07) is 0. The van der Waals surface area contributed by atoms with Crippen LogP contribution in [0.25, 0.3) is 0 Å². The van der Waals surface area contributed by atoms with E-state index >= 15 is 0 Å². The zero-order valence-corrected chi connectivity index (χ0v) is 20.8. The molecule has 0 aromatic heterocycles. The molecule has 146 valence electrons. The average molecular weight is 403 g/mol. The van der Waals surface area contributed by atoms with Crippen molar-refractivity contribution in [3.05, 3.63) is 0 Å². The molecule has 0 aromatic rings. The summed E-state index contributed by atoms with van der Waals surface area (Å²) in [5, 5.41) is 9.14. The maximum atomic E-state index is 11.0. The first kappa shape index (κ1) is 28.7. The van der Waals surface area contributed by atoms with E-state index < -0.39 is 15.4 Å². The largest absolute Gasteiger partial charge is 1.00 e. The van der Waals surface area contributed by atoms with Gasteiger partial charge < -0.3 is 9.66 Å². The number of rotatable bonds is 17. The first-order chi connectivity index (χ1) is 11.4. The maximum Gasteiger partial charge on any atom is 1.00 e. The molecule has 0 aromatic carbocycles.